The Morgan fingerprint density at radius 3 is 2.82 bits per heavy atom. The fourth-order valence-corrected chi connectivity index (χ4v) is 2.86. The minimum absolute atomic E-state index is 0.0133. The quantitative estimate of drug-likeness (QED) is 0.849. The van der Waals surface area contributed by atoms with Crippen LogP contribution in [-0.2, 0) is 0 Å². The Balaban J connectivity index is 1.89. The van der Waals surface area contributed by atoms with Gasteiger partial charge in [0.1, 0.15) is 5.82 Å². The first-order valence-corrected chi connectivity index (χ1v) is 7.44. The van der Waals surface area contributed by atoms with Crippen molar-refractivity contribution >= 4 is 17.6 Å². The van der Waals surface area contributed by atoms with Crippen molar-refractivity contribution in [3.05, 3.63) is 29.6 Å². The first kappa shape index (κ1) is 14.8. The Hall–Kier alpha value is -2.15. The molecule has 1 aromatic carbocycles. The Bertz CT molecular complexity index is 607. The van der Waals surface area contributed by atoms with Crippen molar-refractivity contribution in [1.29, 1.82) is 0 Å². The van der Waals surface area contributed by atoms with Crippen LogP contribution in [-0.4, -0.2) is 55.6 Å². The van der Waals surface area contributed by atoms with Crippen LogP contribution < -0.4 is 15.5 Å². The van der Waals surface area contributed by atoms with E-state index >= 15 is 0 Å². The summed E-state index contributed by atoms with van der Waals surface area (Å²) in [5.74, 6) is -0.882. The standard InChI is InChI=1S/C15H19FN4O2/c1-10-9-17-4-6-19(10)14(21)12-8-11(2-3-13(12)16)20-7-5-18-15(20)22/h2-3,8,10,17H,4-7,9H2,1H3,(H,18,22)/t10-/m0/s1. The Kier molecular flexibility index (Phi) is 3.98. The summed E-state index contributed by atoms with van der Waals surface area (Å²) < 4.78 is 14.1. The smallest absolute Gasteiger partial charge is 0.321 e. The lowest BCUT2D eigenvalue weighted by atomic mass is 10.1. The molecule has 0 bridgehead atoms. The molecule has 0 radical (unpaired) electrons. The van der Waals surface area contributed by atoms with E-state index in [0.29, 0.717) is 38.4 Å². The van der Waals surface area contributed by atoms with Crippen molar-refractivity contribution in [2.24, 2.45) is 0 Å². The molecular weight excluding hydrogens is 287 g/mol. The molecule has 0 aromatic heterocycles. The topological polar surface area (TPSA) is 64.7 Å². The highest BCUT2D eigenvalue weighted by atomic mass is 19.1. The number of amides is 3. The number of halogens is 1. The molecule has 2 fully saturated rings. The minimum Gasteiger partial charge on any atom is -0.336 e. The Labute approximate surface area is 128 Å². The third-order valence-corrected chi connectivity index (χ3v) is 4.11. The molecule has 2 aliphatic heterocycles. The molecule has 7 heteroatoms. The van der Waals surface area contributed by atoms with Gasteiger partial charge in [-0.1, -0.05) is 0 Å². The van der Waals surface area contributed by atoms with E-state index in [0.717, 1.165) is 0 Å². The third-order valence-electron chi connectivity index (χ3n) is 4.11. The molecule has 3 amide bonds. The largest absolute Gasteiger partial charge is 0.336 e. The van der Waals surface area contributed by atoms with Crippen LogP contribution in [0.2, 0.25) is 0 Å². The first-order valence-electron chi connectivity index (χ1n) is 7.44. The molecule has 1 atom stereocenters. The number of hydrogen-bond donors (Lipinski definition) is 2. The van der Waals surface area contributed by atoms with Gasteiger partial charge in [0.15, 0.2) is 0 Å². The number of rotatable bonds is 2. The van der Waals surface area contributed by atoms with Gasteiger partial charge in [0.05, 0.1) is 5.56 Å². The average molecular weight is 306 g/mol. The lowest BCUT2D eigenvalue weighted by Crippen LogP contribution is -2.52. The molecular formula is C15H19FN4O2. The fourth-order valence-electron chi connectivity index (χ4n) is 2.86. The summed E-state index contributed by atoms with van der Waals surface area (Å²) in [7, 11) is 0. The summed E-state index contributed by atoms with van der Waals surface area (Å²) in [4.78, 5) is 27.5. The predicted octanol–water partition coefficient (Wildman–Crippen LogP) is 0.789. The van der Waals surface area contributed by atoms with Gasteiger partial charge >= 0.3 is 6.03 Å². The highest BCUT2D eigenvalue weighted by Crippen LogP contribution is 2.22. The zero-order chi connectivity index (χ0) is 15.7. The molecule has 118 valence electrons. The SMILES string of the molecule is C[C@H]1CNCCN1C(=O)c1cc(N2CCNC2=O)ccc1F. The molecule has 0 aliphatic carbocycles. The van der Waals surface area contributed by atoms with Gasteiger partial charge in [-0.15, -0.1) is 0 Å². The maximum atomic E-state index is 14.1. The second-order valence-corrected chi connectivity index (χ2v) is 5.60. The fraction of sp³-hybridized carbons (Fsp3) is 0.467. The van der Waals surface area contributed by atoms with Crippen LogP contribution in [0.3, 0.4) is 0 Å². The van der Waals surface area contributed by atoms with Gasteiger partial charge in [0.25, 0.3) is 5.91 Å². The minimum atomic E-state index is -0.556. The summed E-state index contributed by atoms with van der Waals surface area (Å²) in [6, 6.07) is 4.04. The second-order valence-electron chi connectivity index (χ2n) is 5.60. The number of nitrogens with one attached hydrogen (secondary N) is 2. The maximum absolute atomic E-state index is 14.1. The van der Waals surface area contributed by atoms with E-state index in [4.69, 9.17) is 0 Å². The molecule has 2 heterocycles. The molecule has 2 N–H and O–H groups in total. The van der Waals surface area contributed by atoms with E-state index in [1.54, 1.807) is 4.90 Å². The summed E-state index contributed by atoms with van der Waals surface area (Å²) in [5, 5.41) is 5.89. The van der Waals surface area contributed by atoms with Gasteiger partial charge in [0.2, 0.25) is 0 Å². The van der Waals surface area contributed by atoms with Crippen LogP contribution in [0.4, 0.5) is 14.9 Å². The maximum Gasteiger partial charge on any atom is 0.321 e. The number of anilines is 1. The van der Waals surface area contributed by atoms with Gasteiger partial charge in [-0.2, -0.15) is 0 Å². The first-order chi connectivity index (χ1) is 10.6. The van der Waals surface area contributed by atoms with Gasteiger partial charge in [-0.25, -0.2) is 9.18 Å². The van der Waals surface area contributed by atoms with Crippen LogP contribution in [0, 0.1) is 5.82 Å². The van der Waals surface area contributed by atoms with Gasteiger partial charge < -0.3 is 15.5 Å². The van der Waals surface area contributed by atoms with Crippen molar-refractivity contribution < 1.29 is 14.0 Å². The van der Waals surface area contributed by atoms with Crippen LogP contribution >= 0.6 is 0 Å². The van der Waals surface area contributed by atoms with Crippen molar-refractivity contribution in [1.82, 2.24) is 15.5 Å². The zero-order valence-electron chi connectivity index (χ0n) is 12.4. The van der Waals surface area contributed by atoms with Crippen LogP contribution in [0.1, 0.15) is 17.3 Å². The normalized spacial score (nSPS) is 21.9. The lowest BCUT2D eigenvalue weighted by molar-refractivity contribution is 0.0651. The summed E-state index contributed by atoms with van der Waals surface area (Å²) >= 11 is 0. The molecule has 2 saturated heterocycles. The molecule has 22 heavy (non-hydrogen) atoms. The van der Waals surface area contributed by atoms with Crippen molar-refractivity contribution in [2.45, 2.75) is 13.0 Å². The lowest BCUT2D eigenvalue weighted by Gasteiger charge is -2.34. The van der Waals surface area contributed by atoms with Crippen LogP contribution in [0.15, 0.2) is 18.2 Å². The van der Waals surface area contributed by atoms with Crippen molar-refractivity contribution in [2.75, 3.05) is 37.6 Å². The van der Waals surface area contributed by atoms with E-state index in [9.17, 15) is 14.0 Å². The van der Waals surface area contributed by atoms with Gasteiger partial charge in [-0.05, 0) is 25.1 Å². The van der Waals surface area contributed by atoms with Gasteiger partial charge in [0, 0.05) is 44.5 Å². The monoisotopic (exact) mass is 306 g/mol. The zero-order valence-corrected chi connectivity index (χ0v) is 12.4. The molecule has 0 saturated carbocycles. The second kappa shape index (κ2) is 5.92. The van der Waals surface area contributed by atoms with E-state index in [1.807, 2.05) is 6.92 Å². The summed E-state index contributed by atoms with van der Waals surface area (Å²) in [5.41, 5.74) is 0.563. The van der Waals surface area contributed by atoms with Crippen molar-refractivity contribution in [3.63, 3.8) is 0 Å². The van der Waals surface area contributed by atoms with Crippen LogP contribution in [0.25, 0.3) is 0 Å². The summed E-state index contributed by atoms with van der Waals surface area (Å²) in [6.45, 7) is 4.94. The highest BCUT2D eigenvalue weighted by molar-refractivity contribution is 5.98. The average Bonchev–Trinajstić information content (AvgIpc) is 2.94. The number of carbonyl (C=O) groups is 2. The van der Waals surface area contributed by atoms with E-state index in [1.165, 1.54) is 23.1 Å². The third kappa shape index (κ3) is 2.64. The number of hydrogen-bond acceptors (Lipinski definition) is 3. The van der Waals surface area contributed by atoms with E-state index in [2.05, 4.69) is 10.6 Å². The number of nitrogens with zero attached hydrogens (tertiary/aromatic N) is 2. The number of benzene rings is 1. The van der Waals surface area contributed by atoms with E-state index in [-0.39, 0.29) is 23.5 Å². The number of piperazine rings is 1. The van der Waals surface area contributed by atoms with Crippen LogP contribution in [0.5, 0.6) is 0 Å². The molecule has 0 unspecified atom stereocenters. The molecule has 6 nitrogen and oxygen atoms in total. The molecule has 3 rings (SSSR count). The summed E-state index contributed by atoms with van der Waals surface area (Å²) in [6.07, 6.45) is 0. The molecule has 1 aromatic rings. The molecule has 0 spiro atoms. The van der Waals surface area contributed by atoms with Gasteiger partial charge in [-0.3, -0.25) is 9.69 Å². The highest BCUT2D eigenvalue weighted by Gasteiger charge is 2.28. The Morgan fingerprint density at radius 1 is 1.32 bits per heavy atom. The van der Waals surface area contributed by atoms with Crippen molar-refractivity contribution in [3.8, 4) is 0 Å². The predicted molar refractivity (Wildman–Crippen MR) is 80.5 cm³/mol. The Morgan fingerprint density at radius 2 is 2.14 bits per heavy atom. The molecule has 2 aliphatic rings. The number of carbonyl (C=O) groups excluding carboxylic acids is 2. The van der Waals surface area contributed by atoms with E-state index < -0.39 is 5.82 Å². The number of urea groups is 1.